The van der Waals surface area contributed by atoms with Crippen molar-refractivity contribution in [1.29, 1.82) is 0 Å². The normalized spacial score (nSPS) is 14.5. The molecule has 80 valence electrons. The molecule has 0 aliphatic heterocycles. The van der Waals surface area contributed by atoms with Gasteiger partial charge in [-0.15, -0.1) is 0 Å². The van der Waals surface area contributed by atoms with E-state index in [1.165, 1.54) is 9.83 Å². The van der Waals surface area contributed by atoms with Crippen molar-refractivity contribution in [2.45, 2.75) is 24.8 Å². The van der Waals surface area contributed by atoms with Crippen LogP contribution in [0.4, 0.5) is 0 Å². The molecule has 13 heavy (non-hydrogen) atoms. The standard InChI is InChI=1S/C6H15O2PS4/c1-4-5-6(12-13-11)9(10,7-2)8-3/h6,11H,4-5H2,1-3H3. The maximum absolute atomic E-state index is 5.36. The van der Waals surface area contributed by atoms with Gasteiger partial charge in [0.05, 0.1) is 4.99 Å². The van der Waals surface area contributed by atoms with E-state index in [9.17, 15) is 0 Å². The Balaban J connectivity index is 4.38. The fourth-order valence-electron chi connectivity index (χ4n) is 0.865. The Labute approximate surface area is 98.3 Å². The molecule has 0 bridgehead atoms. The van der Waals surface area contributed by atoms with Crippen LogP contribution in [0.1, 0.15) is 19.8 Å². The second-order valence-electron chi connectivity index (χ2n) is 2.32. The lowest BCUT2D eigenvalue weighted by molar-refractivity contribution is 0.334. The van der Waals surface area contributed by atoms with Gasteiger partial charge in [0, 0.05) is 14.2 Å². The maximum atomic E-state index is 5.36. The summed E-state index contributed by atoms with van der Waals surface area (Å²) in [6, 6.07) is 0. The lowest BCUT2D eigenvalue weighted by Crippen LogP contribution is -2.05. The molecule has 1 atom stereocenters. The van der Waals surface area contributed by atoms with Crippen LogP contribution in [0.5, 0.6) is 0 Å². The van der Waals surface area contributed by atoms with E-state index in [1.807, 2.05) is 0 Å². The van der Waals surface area contributed by atoms with E-state index in [4.69, 9.17) is 20.9 Å². The third-order valence-corrected chi connectivity index (χ3v) is 9.44. The van der Waals surface area contributed by atoms with Crippen molar-refractivity contribution in [1.82, 2.24) is 0 Å². The predicted molar refractivity (Wildman–Crippen MR) is 71.2 cm³/mol. The molecule has 0 amide bonds. The van der Waals surface area contributed by atoms with Gasteiger partial charge in [-0.1, -0.05) is 35.8 Å². The van der Waals surface area contributed by atoms with Gasteiger partial charge in [-0.3, -0.25) is 0 Å². The SMILES string of the molecule is CCCC(SSS)P(=S)(OC)OC. The van der Waals surface area contributed by atoms with E-state index < -0.39 is 6.49 Å². The van der Waals surface area contributed by atoms with Crippen molar-refractivity contribution in [3.63, 3.8) is 0 Å². The molecule has 0 aromatic carbocycles. The zero-order valence-electron chi connectivity index (χ0n) is 7.93. The van der Waals surface area contributed by atoms with Gasteiger partial charge in [-0.2, -0.15) is 0 Å². The second kappa shape index (κ2) is 7.85. The monoisotopic (exact) mass is 278 g/mol. The highest BCUT2D eigenvalue weighted by Crippen LogP contribution is 2.60. The van der Waals surface area contributed by atoms with E-state index in [0.29, 0.717) is 0 Å². The molecule has 0 N–H and O–H groups in total. The molecular weight excluding hydrogens is 263 g/mol. The van der Waals surface area contributed by atoms with Crippen LogP contribution >= 0.6 is 38.8 Å². The summed E-state index contributed by atoms with van der Waals surface area (Å²) in [4.78, 5) is 0.241. The van der Waals surface area contributed by atoms with Gasteiger partial charge in [0.2, 0.25) is 6.49 Å². The van der Waals surface area contributed by atoms with E-state index >= 15 is 0 Å². The molecular formula is C6H15O2PS4. The molecule has 0 heterocycles. The van der Waals surface area contributed by atoms with Gasteiger partial charge in [0.15, 0.2) is 0 Å². The van der Waals surface area contributed by atoms with E-state index in [1.54, 1.807) is 25.0 Å². The van der Waals surface area contributed by atoms with Crippen molar-refractivity contribution in [2.24, 2.45) is 0 Å². The topological polar surface area (TPSA) is 18.5 Å². The molecule has 0 aliphatic carbocycles. The minimum Gasteiger partial charge on any atom is -0.332 e. The molecule has 1 unspecified atom stereocenters. The quantitative estimate of drug-likeness (QED) is 0.430. The third kappa shape index (κ3) is 4.78. The molecule has 0 radical (unpaired) electrons. The minimum atomic E-state index is -2.10. The number of hydrogen-bond acceptors (Lipinski definition) is 6. The van der Waals surface area contributed by atoms with Gasteiger partial charge in [0.1, 0.15) is 0 Å². The summed E-state index contributed by atoms with van der Waals surface area (Å²) >= 11 is 9.46. The van der Waals surface area contributed by atoms with Crippen molar-refractivity contribution >= 4 is 50.6 Å². The van der Waals surface area contributed by atoms with Crippen LogP contribution in [0.3, 0.4) is 0 Å². The summed E-state index contributed by atoms with van der Waals surface area (Å²) in [5, 5.41) is 0. The van der Waals surface area contributed by atoms with E-state index in [-0.39, 0.29) is 4.99 Å². The third-order valence-electron chi connectivity index (χ3n) is 1.55. The summed E-state index contributed by atoms with van der Waals surface area (Å²) in [6.45, 7) is 0.0290. The molecule has 0 aliphatic rings. The predicted octanol–water partition coefficient (Wildman–Crippen LogP) is 3.94. The van der Waals surface area contributed by atoms with E-state index in [2.05, 4.69) is 18.6 Å². The Morgan fingerprint density at radius 3 is 2.31 bits per heavy atom. The Hall–Kier alpha value is 1.62. The summed E-state index contributed by atoms with van der Waals surface area (Å²) in [5.41, 5.74) is 0. The summed E-state index contributed by atoms with van der Waals surface area (Å²) in [7, 11) is 6.30. The molecule has 0 saturated heterocycles. The van der Waals surface area contributed by atoms with Crippen LogP contribution in [0, 0.1) is 0 Å². The number of thiol groups is 1. The Morgan fingerprint density at radius 2 is 2.00 bits per heavy atom. The first kappa shape index (κ1) is 14.6. The molecule has 0 aromatic heterocycles. The van der Waals surface area contributed by atoms with E-state index in [0.717, 1.165) is 12.8 Å². The van der Waals surface area contributed by atoms with Gasteiger partial charge in [0.25, 0.3) is 0 Å². The Kier molecular flexibility index (Phi) is 8.83. The van der Waals surface area contributed by atoms with Crippen LogP contribution in [0.15, 0.2) is 0 Å². The second-order valence-corrected chi connectivity index (χ2v) is 9.91. The first-order valence-corrected chi connectivity index (χ1v) is 9.80. The summed E-state index contributed by atoms with van der Waals surface area (Å²) in [5.74, 6) is 0. The van der Waals surface area contributed by atoms with Crippen molar-refractivity contribution < 1.29 is 9.05 Å². The van der Waals surface area contributed by atoms with Crippen molar-refractivity contribution in [2.75, 3.05) is 14.2 Å². The van der Waals surface area contributed by atoms with Gasteiger partial charge in [-0.25, -0.2) is 0 Å². The smallest absolute Gasteiger partial charge is 0.202 e. The molecule has 2 nitrogen and oxygen atoms in total. The molecule has 0 fully saturated rings. The van der Waals surface area contributed by atoms with Crippen LogP contribution < -0.4 is 0 Å². The summed E-state index contributed by atoms with van der Waals surface area (Å²) in [6.07, 6.45) is 2.09. The van der Waals surface area contributed by atoms with Crippen LogP contribution in [-0.4, -0.2) is 19.2 Å². The van der Waals surface area contributed by atoms with Crippen LogP contribution in [-0.2, 0) is 20.9 Å². The number of hydrogen-bond donors (Lipinski definition) is 1. The molecule has 0 rings (SSSR count). The minimum absolute atomic E-state index is 0.241. The van der Waals surface area contributed by atoms with Crippen LogP contribution in [0.25, 0.3) is 0 Å². The van der Waals surface area contributed by atoms with Gasteiger partial charge < -0.3 is 9.05 Å². The zero-order chi connectivity index (χ0) is 10.3. The average molecular weight is 278 g/mol. The van der Waals surface area contributed by atoms with Crippen LogP contribution in [0.2, 0.25) is 0 Å². The van der Waals surface area contributed by atoms with Crippen molar-refractivity contribution in [3.05, 3.63) is 0 Å². The lowest BCUT2D eigenvalue weighted by atomic mass is 10.4. The average Bonchev–Trinajstić information content (AvgIpc) is 2.16. The van der Waals surface area contributed by atoms with Gasteiger partial charge >= 0.3 is 0 Å². The van der Waals surface area contributed by atoms with Crippen molar-refractivity contribution in [3.8, 4) is 0 Å². The fourth-order valence-corrected chi connectivity index (χ4v) is 8.16. The largest absolute Gasteiger partial charge is 0.332 e. The highest BCUT2D eigenvalue weighted by Gasteiger charge is 2.28. The highest BCUT2D eigenvalue weighted by molar-refractivity contribution is 9.06. The zero-order valence-corrected chi connectivity index (χ0v) is 12.2. The first-order valence-electron chi connectivity index (χ1n) is 3.82. The molecule has 0 spiro atoms. The molecule has 0 saturated carbocycles. The highest BCUT2D eigenvalue weighted by atomic mass is 33.5. The molecule has 7 heteroatoms. The fraction of sp³-hybridized carbons (Fsp3) is 1.00. The maximum Gasteiger partial charge on any atom is 0.202 e. The Bertz CT molecular complexity index is 164. The van der Waals surface area contributed by atoms with Gasteiger partial charge in [-0.05, 0) is 28.1 Å². The summed E-state index contributed by atoms with van der Waals surface area (Å²) < 4.78 is 10.6. The first-order chi connectivity index (χ1) is 6.14. The molecule has 0 aromatic rings. The Morgan fingerprint density at radius 1 is 1.46 bits per heavy atom. The number of rotatable bonds is 7. The lowest BCUT2D eigenvalue weighted by Gasteiger charge is -2.25.